The van der Waals surface area contributed by atoms with Crippen LogP contribution in [0, 0.1) is 5.82 Å². The summed E-state index contributed by atoms with van der Waals surface area (Å²) >= 11 is 3.33. The number of anilines is 1. The first-order valence-electron chi connectivity index (χ1n) is 6.11. The maximum absolute atomic E-state index is 13.3. The fraction of sp³-hybridized carbons (Fsp3) is 0.538. The molecular formula is C13H18BrFN2O. The maximum atomic E-state index is 13.3. The summed E-state index contributed by atoms with van der Waals surface area (Å²) in [6.07, 6.45) is 0. The fourth-order valence-electron chi connectivity index (χ4n) is 2.17. The second kappa shape index (κ2) is 6.50. The molecule has 1 aliphatic heterocycles. The van der Waals surface area contributed by atoms with E-state index in [9.17, 15) is 4.39 Å². The van der Waals surface area contributed by atoms with Gasteiger partial charge in [0, 0.05) is 50.0 Å². The molecular weight excluding hydrogens is 299 g/mol. The van der Waals surface area contributed by atoms with Gasteiger partial charge >= 0.3 is 0 Å². The summed E-state index contributed by atoms with van der Waals surface area (Å²) in [4.78, 5) is 4.59. The summed E-state index contributed by atoms with van der Waals surface area (Å²) in [7, 11) is 1.72. The molecule has 1 fully saturated rings. The van der Waals surface area contributed by atoms with Gasteiger partial charge in [-0.25, -0.2) is 4.39 Å². The van der Waals surface area contributed by atoms with Crippen molar-refractivity contribution in [2.24, 2.45) is 0 Å². The summed E-state index contributed by atoms with van der Waals surface area (Å²) < 4.78 is 19.2. The van der Waals surface area contributed by atoms with Crippen molar-refractivity contribution in [2.45, 2.75) is 0 Å². The highest BCUT2D eigenvalue weighted by Crippen LogP contribution is 2.23. The molecule has 0 radical (unpaired) electrons. The Hall–Kier alpha value is -0.650. The van der Waals surface area contributed by atoms with E-state index in [1.54, 1.807) is 13.2 Å². The molecule has 0 saturated carbocycles. The van der Waals surface area contributed by atoms with E-state index in [-0.39, 0.29) is 5.82 Å². The molecule has 100 valence electrons. The van der Waals surface area contributed by atoms with Crippen LogP contribution in [0.3, 0.4) is 0 Å². The molecule has 0 bridgehead atoms. The van der Waals surface area contributed by atoms with Crippen LogP contribution in [0.2, 0.25) is 0 Å². The Kier molecular flexibility index (Phi) is 4.97. The number of hydrogen-bond acceptors (Lipinski definition) is 3. The summed E-state index contributed by atoms with van der Waals surface area (Å²) in [5.41, 5.74) is 0.952. The lowest BCUT2D eigenvalue weighted by molar-refractivity contribution is 0.144. The van der Waals surface area contributed by atoms with Gasteiger partial charge in [0.1, 0.15) is 5.82 Å². The minimum atomic E-state index is -0.193. The van der Waals surface area contributed by atoms with E-state index >= 15 is 0 Å². The molecule has 2 rings (SSSR count). The summed E-state index contributed by atoms with van der Waals surface area (Å²) in [5.74, 6) is -0.193. The zero-order valence-corrected chi connectivity index (χ0v) is 12.1. The molecule has 1 aliphatic rings. The highest BCUT2D eigenvalue weighted by atomic mass is 79.9. The molecule has 1 aromatic rings. The minimum Gasteiger partial charge on any atom is -0.383 e. The Morgan fingerprint density at radius 2 is 1.94 bits per heavy atom. The number of benzene rings is 1. The van der Waals surface area contributed by atoms with Gasteiger partial charge < -0.3 is 9.64 Å². The van der Waals surface area contributed by atoms with Crippen LogP contribution in [-0.2, 0) is 4.74 Å². The molecule has 0 aliphatic carbocycles. The number of hydrogen-bond donors (Lipinski definition) is 0. The van der Waals surface area contributed by atoms with Gasteiger partial charge in [-0.15, -0.1) is 0 Å². The van der Waals surface area contributed by atoms with Crippen molar-refractivity contribution in [3.8, 4) is 0 Å². The van der Waals surface area contributed by atoms with Crippen LogP contribution in [0.5, 0.6) is 0 Å². The number of methoxy groups -OCH3 is 1. The van der Waals surface area contributed by atoms with Crippen molar-refractivity contribution in [3.05, 3.63) is 28.5 Å². The lowest BCUT2D eigenvalue weighted by atomic mass is 10.2. The van der Waals surface area contributed by atoms with Crippen LogP contribution in [0.1, 0.15) is 0 Å². The van der Waals surface area contributed by atoms with Gasteiger partial charge in [0.15, 0.2) is 0 Å². The van der Waals surface area contributed by atoms with Crippen molar-refractivity contribution in [1.82, 2.24) is 4.90 Å². The lowest BCUT2D eigenvalue weighted by Gasteiger charge is -2.36. The molecule has 1 aromatic carbocycles. The zero-order valence-electron chi connectivity index (χ0n) is 10.5. The number of piperazine rings is 1. The molecule has 0 amide bonds. The van der Waals surface area contributed by atoms with E-state index in [0.717, 1.165) is 49.5 Å². The number of nitrogens with zero attached hydrogens (tertiary/aromatic N) is 2. The number of rotatable bonds is 4. The number of halogens is 2. The van der Waals surface area contributed by atoms with Crippen LogP contribution in [0.15, 0.2) is 22.7 Å². The third-order valence-corrected chi connectivity index (χ3v) is 3.65. The average molecular weight is 317 g/mol. The second-order valence-corrected chi connectivity index (χ2v) is 5.36. The van der Waals surface area contributed by atoms with E-state index in [4.69, 9.17) is 4.74 Å². The molecule has 1 heterocycles. The van der Waals surface area contributed by atoms with Gasteiger partial charge in [-0.2, -0.15) is 0 Å². The Labute approximate surface area is 116 Å². The van der Waals surface area contributed by atoms with Crippen LogP contribution < -0.4 is 4.90 Å². The predicted octanol–water partition coefficient (Wildman–Crippen LogP) is 2.36. The first kappa shape index (κ1) is 13.8. The summed E-state index contributed by atoms with van der Waals surface area (Å²) in [5, 5.41) is 0. The van der Waals surface area contributed by atoms with Crippen molar-refractivity contribution < 1.29 is 9.13 Å². The molecule has 0 atom stereocenters. The topological polar surface area (TPSA) is 15.7 Å². The molecule has 0 aromatic heterocycles. The van der Waals surface area contributed by atoms with Crippen LogP contribution in [0.4, 0.5) is 10.1 Å². The van der Waals surface area contributed by atoms with Gasteiger partial charge in [0.2, 0.25) is 0 Å². The standard InChI is InChI=1S/C13H18BrFN2O/c1-18-7-6-16-2-4-17(5-3-16)13-9-11(14)8-12(15)10-13/h8-10H,2-7H2,1H3. The number of ether oxygens (including phenoxy) is 1. The normalized spacial score (nSPS) is 17.2. The van der Waals surface area contributed by atoms with E-state index in [0.29, 0.717) is 0 Å². The molecule has 5 heteroatoms. The summed E-state index contributed by atoms with van der Waals surface area (Å²) in [6.45, 7) is 5.59. The van der Waals surface area contributed by atoms with E-state index in [2.05, 4.69) is 25.7 Å². The molecule has 1 saturated heterocycles. The average Bonchev–Trinajstić information content (AvgIpc) is 2.36. The SMILES string of the molecule is COCCN1CCN(c2cc(F)cc(Br)c2)CC1. The van der Waals surface area contributed by atoms with Crippen molar-refractivity contribution in [2.75, 3.05) is 51.3 Å². The third-order valence-electron chi connectivity index (χ3n) is 3.20. The van der Waals surface area contributed by atoms with E-state index < -0.39 is 0 Å². The maximum Gasteiger partial charge on any atom is 0.126 e. The Morgan fingerprint density at radius 1 is 1.22 bits per heavy atom. The zero-order chi connectivity index (χ0) is 13.0. The van der Waals surface area contributed by atoms with Gasteiger partial charge in [0.25, 0.3) is 0 Å². The first-order valence-corrected chi connectivity index (χ1v) is 6.90. The second-order valence-electron chi connectivity index (χ2n) is 4.45. The van der Waals surface area contributed by atoms with Crippen molar-refractivity contribution in [1.29, 1.82) is 0 Å². The molecule has 0 spiro atoms. The fourth-order valence-corrected chi connectivity index (χ4v) is 2.63. The van der Waals surface area contributed by atoms with Gasteiger partial charge in [0.05, 0.1) is 6.61 Å². The monoisotopic (exact) mass is 316 g/mol. The van der Waals surface area contributed by atoms with Gasteiger partial charge in [-0.1, -0.05) is 15.9 Å². The lowest BCUT2D eigenvalue weighted by Crippen LogP contribution is -2.47. The third kappa shape index (κ3) is 3.67. The van der Waals surface area contributed by atoms with E-state index in [1.165, 1.54) is 6.07 Å². The smallest absolute Gasteiger partial charge is 0.126 e. The van der Waals surface area contributed by atoms with Gasteiger partial charge in [-0.3, -0.25) is 4.90 Å². The van der Waals surface area contributed by atoms with Crippen LogP contribution >= 0.6 is 15.9 Å². The Balaban J connectivity index is 1.92. The Bertz CT molecular complexity index is 374. The predicted molar refractivity (Wildman–Crippen MR) is 74.6 cm³/mol. The highest BCUT2D eigenvalue weighted by Gasteiger charge is 2.17. The molecule has 0 N–H and O–H groups in total. The largest absolute Gasteiger partial charge is 0.383 e. The molecule has 3 nitrogen and oxygen atoms in total. The summed E-state index contributed by atoms with van der Waals surface area (Å²) in [6, 6.07) is 5.04. The molecule has 18 heavy (non-hydrogen) atoms. The Morgan fingerprint density at radius 3 is 2.56 bits per heavy atom. The van der Waals surface area contributed by atoms with Crippen molar-refractivity contribution >= 4 is 21.6 Å². The van der Waals surface area contributed by atoms with Crippen LogP contribution in [0.25, 0.3) is 0 Å². The van der Waals surface area contributed by atoms with Crippen molar-refractivity contribution in [3.63, 3.8) is 0 Å². The van der Waals surface area contributed by atoms with Crippen LogP contribution in [-0.4, -0.2) is 51.3 Å². The minimum absolute atomic E-state index is 0.193. The quantitative estimate of drug-likeness (QED) is 0.848. The first-order chi connectivity index (χ1) is 8.69. The van der Waals surface area contributed by atoms with E-state index in [1.807, 2.05) is 6.07 Å². The highest BCUT2D eigenvalue weighted by molar-refractivity contribution is 9.10. The molecule has 0 unspecified atom stereocenters. The van der Waals surface area contributed by atoms with Gasteiger partial charge in [-0.05, 0) is 18.2 Å².